The summed E-state index contributed by atoms with van der Waals surface area (Å²) in [6, 6.07) is 9.53. The van der Waals surface area contributed by atoms with Crippen LogP contribution in [0, 0.1) is 17.7 Å². The summed E-state index contributed by atoms with van der Waals surface area (Å²) in [6.45, 7) is 2.70. The molecule has 0 N–H and O–H groups in total. The van der Waals surface area contributed by atoms with Crippen LogP contribution in [-0.4, -0.2) is 10.8 Å². The molecule has 1 heterocycles. The van der Waals surface area contributed by atoms with E-state index in [-0.39, 0.29) is 38.2 Å². The van der Waals surface area contributed by atoms with Crippen LogP contribution in [0.5, 0.6) is 0 Å². The van der Waals surface area contributed by atoms with Crippen molar-refractivity contribution in [2.24, 2.45) is 0 Å². The first-order valence-corrected chi connectivity index (χ1v) is 6.04. The zero-order chi connectivity index (χ0) is 15.8. The predicted molar refractivity (Wildman–Crippen MR) is 72.9 cm³/mol. The number of rotatable bonds is 2. The summed E-state index contributed by atoms with van der Waals surface area (Å²) in [4.78, 5) is 13.9. The van der Waals surface area contributed by atoms with E-state index >= 15 is 0 Å². The van der Waals surface area contributed by atoms with Gasteiger partial charge in [-0.15, -0.1) is 17.9 Å². The molecule has 0 amide bonds. The first kappa shape index (κ1) is 20.1. The molecule has 0 aliphatic rings. The molecule has 0 bridgehead atoms. The molecular weight excluding hydrogens is 471 g/mol. The van der Waals surface area contributed by atoms with E-state index in [4.69, 9.17) is 0 Å². The van der Waals surface area contributed by atoms with Crippen LogP contribution in [0.2, 0.25) is 0 Å². The zero-order valence-corrected chi connectivity index (χ0v) is 14.1. The quantitative estimate of drug-likeness (QED) is 0.374. The number of ketones is 1. The molecule has 22 heavy (non-hydrogen) atoms. The Morgan fingerprint density at radius 1 is 1.32 bits per heavy atom. The van der Waals surface area contributed by atoms with Crippen LogP contribution in [0.1, 0.15) is 13.8 Å². The van der Waals surface area contributed by atoms with Gasteiger partial charge >= 0.3 is 21.1 Å². The molecular formula is C16H13F2NO2Pt. The molecule has 6 heteroatoms. The maximum absolute atomic E-state index is 13.2. The molecule has 0 aliphatic heterocycles. The normalized spacial score (nSPS) is 10.1. The van der Waals surface area contributed by atoms with Crippen LogP contribution in [0.15, 0.2) is 48.4 Å². The largest absolute Gasteiger partial charge is 2.00 e. The summed E-state index contributed by atoms with van der Waals surface area (Å²) in [7, 11) is 0. The fourth-order valence-corrected chi connectivity index (χ4v) is 1.44. The summed E-state index contributed by atoms with van der Waals surface area (Å²) in [5.74, 6) is -1.66. The van der Waals surface area contributed by atoms with Gasteiger partial charge in [-0.3, -0.25) is 13.6 Å². The third-order valence-corrected chi connectivity index (χ3v) is 2.19. The van der Waals surface area contributed by atoms with Gasteiger partial charge in [0.2, 0.25) is 0 Å². The smallest absolute Gasteiger partial charge is 0.876 e. The number of benzene rings is 1. The van der Waals surface area contributed by atoms with Crippen molar-refractivity contribution in [1.82, 2.24) is 4.98 Å². The number of pyridine rings is 1. The second-order valence-electron chi connectivity index (χ2n) is 4.12. The molecule has 1 aromatic heterocycles. The van der Waals surface area contributed by atoms with Gasteiger partial charge in [-0.05, 0) is 24.8 Å². The van der Waals surface area contributed by atoms with E-state index in [1.807, 2.05) is 0 Å². The van der Waals surface area contributed by atoms with E-state index in [1.165, 1.54) is 13.8 Å². The summed E-state index contributed by atoms with van der Waals surface area (Å²) >= 11 is 0. The Labute approximate surface area is 142 Å². The second-order valence-corrected chi connectivity index (χ2v) is 4.12. The van der Waals surface area contributed by atoms with E-state index in [2.05, 4.69) is 11.1 Å². The molecule has 0 unspecified atom stereocenters. The number of allylic oxidation sites excluding steroid dienone is 2. The Morgan fingerprint density at radius 2 is 2.00 bits per heavy atom. The third-order valence-electron chi connectivity index (χ3n) is 2.19. The number of carbonyl (C=O) groups excluding carboxylic acids is 1. The third kappa shape index (κ3) is 7.23. The van der Waals surface area contributed by atoms with Crippen molar-refractivity contribution < 1.29 is 39.7 Å². The molecule has 0 spiro atoms. The molecule has 0 atom stereocenters. The van der Waals surface area contributed by atoms with Crippen LogP contribution in [-0.2, 0) is 25.9 Å². The fourth-order valence-electron chi connectivity index (χ4n) is 1.44. The topological polar surface area (TPSA) is 53.0 Å². The van der Waals surface area contributed by atoms with Gasteiger partial charge in [-0.2, -0.15) is 0 Å². The van der Waals surface area contributed by atoms with Crippen LogP contribution in [0.4, 0.5) is 8.78 Å². The minimum absolute atomic E-state index is 0. The number of aromatic nitrogens is 1. The molecule has 0 saturated heterocycles. The van der Waals surface area contributed by atoms with E-state index in [9.17, 15) is 18.7 Å². The summed E-state index contributed by atoms with van der Waals surface area (Å²) in [5, 5.41) is 9.98. The Bertz CT molecular complexity index is 642. The van der Waals surface area contributed by atoms with Crippen molar-refractivity contribution in [2.45, 2.75) is 13.8 Å². The van der Waals surface area contributed by atoms with Gasteiger partial charge in [0, 0.05) is 17.8 Å². The van der Waals surface area contributed by atoms with E-state index in [0.717, 1.165) is 18.2 Å². The maximum atomic E-state index is 13.2. The molecule has 0 radical (unpaired) electrons. The Balaban J connectivity index is 0.000000478. The van der Waals surface area contributed by atoms with Gasteiger partial charge in [0.25, 0.3) is 0 Å². The molecule has 1 aromatic carbocycles. The first-order chi connectivity index (χ1) is 9.90. The van der Waals surface area contributed by atoms with Gasteiger partial charge in [-0.25, -0.2) is 0 Å². The van der Waals surface area contributed by atoms with Gasteiger partial charge in [0.15, 0.2) is 5.78 Å². The first-order valence-electron chi connectivity index (χ1n) is 6.04. The summed E-state index contributed by atoms with van der Waals surface area (Å²) < 4.78 is 25.8. The van der Waals surface area contributed by atoms with Gasteiger partial charge < -0.3 is 10.1 Å². The van der Waals surface area contributed by atoms with Gasteiger partial charge in [0.1, 0.15) is 0 Å². The van der Waals surface area contributed by atoms with Crippen LogP contribution in [0.3, 0.4) is 0 Å². The zero-order valence-electron chi connectivity index (χ0n) is 11.9. The minimum atomic E-state index is -0.649. The number of nitrogens with zero attached hydrogens (tertiary/aromatic N) is 1. The molecule has 118 valence electrons. The monoisotopic (exact) mass is 484 g/mol. The molecule has 0 aliphatic carbocycles. The Hall–Kier alpha value is -1.87. The van der Waals surface area contributed by atoms with E-state index in [0.29, 0.717) is 5.69 Å². The van der Waals surface area contributed by atoms with E-state index < -0.39 is 11.6 Å². The number of hydrogen-bond donors (Lipinski definition) is 0. The average Bonchev–Trinajstić information content (AvgIpc) is 2.38. The maximum Gasteiger partial charge on any atom is 2.00 e. The van der Waals surface area contributed by atoms with Crippen LogP contribution >= 0.6 is 0 Å². The molecule has 2 rings (SSSR count). The second kappa shape index (κ2) is 9.96. The Morgan fingerprint density at radius 3 is 2.41 bits per heavy atom. The number of hydrogen-bond acceptors (Lipinski definition) is 3. The predicted octanol–water partition coefficient (Wildman–Crippen LogP) is 2.66. The van der Waals surface area contributed by atoms with Crippen molar-refractivity contribution >= 4 is 5.78 Å². The van der Waals surface area contributed by atoms with Crippen molar-refractivity contribution in [2.75, 3.05) is 0 Å². The van der Waals surface area contributed by atoms with Crippen molar-refractivity contribution in [3.63, 3.8) is 0 Å². The van der Waals surface area contributed by atoms with Crippen molar-refractivity contribution in [3.05, 3.63) is 66.1 Å². The van der Waals surface area contributed by atoms with Gasteiger partial charge in [0.05, 0.1) is 0 Å². The van der Waals surface area contributed by atoms with Crippen LogP contribution in [0.25, 0.3) is 11.3 Å². The summed E-state index contributed by atoms with van der Waals surface area (Å²) in [6.07, 6.45) is 2.60. The molecule has 0 fully saturated rings. The number of carbonyl (C=O) groups is 1. The number of halogens is 2. The van der Waals surface area contributed by atoms with Crippen LogP contribution < -0.4 is 5.11 Å². The average molecular weight is 484 g/mol. The van der Waals surface area contributed by atoms with Crippen molar-refractivity contribution in [1.29, 1.82) is 0 Å². The SMILES string of the molecule is CC(=O)/C=C(/C)[O-].Fc1c[c-]c(-c2ccccn2)c(F)c1.[Pt+2]. The molecule has 3 nitrogen and oxygen atoms in total. The standard InChI is InChI=1S/C11H6F2N.C5H8O2.Pt/c12-8-4-5-9(10(13)7-8)11-3-1-2-6-14-11;1-4(6)3-5(2)7;/h1-4,6-7H;3,6H,1-2H3;/q-1;;+2/p-1/b;4-3-;. The molecule has 0 saturated carbocycles. The van der Waals surface area contributed by atoms with Gasteiger partial charge in [-0.1, -0.05) is 30.7 Å². The Kier molecular flexibility index (Phi) is 9.11. The fraction of sp³-hybridized carbons (Fsp3) is 0.125. The minimum Gasteiger partial charge on any atom is -0.876 e. The van der Waals surface area contributed by atoms with Crippen molar-refractivity contribution in [3.8, 4) is 11.3 Å². The molecule has 2 aromatic rings. The summed E-state index contributed by atoms with van der Waals surface area (Å²) in [5.41, 5.74) is 0.636. The van der Waals surface area contributed by atoms with E-state index in [1.54, 1.807) is 24.4 Å².